The number of ether oxygens (including phenoxy) is 1. The van der Waals surface area contributed by atoms with Gasteiger partial charge in [0, 0.05) is 0 Å². The summed E-state index contributed by atoms with van der Waals surface area (Å²) in [5, 5.41) is 18.3. The monoisotopic (exact) mass is 146 g/mol. The molecule has 0 unspecified atom stereocenters. The quantitative estimate of drug-likeness (QED) is 0.393. The third kappa shape index (κ3) is 1.29. The number of aliphatic hydroxyl groups excluding tert-OH is 2. The number of hydrogen-bond acceptors (Lipinski definition) is 4. The summed E-state index contributed by atoms with van der Waals surface area (Å²) in [7, 11) is 0. The number of rotatable bonds is 0. The zero-order chi connectivity index (χ0) is 7.72. The maximum Gasteiger partial charge on any atom is 0.107 e. The van der Waals surface area contributed by atoms with E-state index in [1.807, 2.05) is 0 Å². The molecule has 0 saturated carbocycles. The molecule has 4 nitrogen and oxygen atoms in total. The van der Waals surface area contributed by atoms with Crippen LogP contribution in [0.5, 0.6) is 0 Å². The highest BCUT2D eigenvalue weighted by molar-refractivity contribution is 4.92. The van der Waals surface area contributed by atoms with Gasteiger partial charge >= 0.3 is 0 Å². The van der Waals surface area contributed by atoms with Crippen LogP contribution in [0.3, 0.4) is 0 Å². The van der Waals surface area contributed by atoms with Gasteiger partial charge in [-0.3, -0.25) is 0 Å². The highest BCUT2D eigenvalue weighted by Crippen LogP contribution is 2.15. The smallest absolute Gasteiger partial charge is 0.107 e. The Balaban J connectivity index is 2.52. The summed E-state index contributed by atoms with van der Waals surface area (Å²) in [4.78, 5) is 0. The molecule has 1 heterocycles. The maximum absolute atomic E-state index is 9.14. The van der Waals surface area contributed by atoms with Crippen molar-refractivity contribution in [2.45, 2.75) is 31.3 Å². The number of aliphatic hydroxyl groups is 2. The molecule has 4 atom stereocenters. The van der Waals surface area contributed by atoms with Crippen molar-refractivity contribution in [3.05, 3.63) is 6.61 Å². The van der Waals surface area contributed by atoms with Crippen LogP contribution >= 0.6 is 0 Å². The van der Waals surface area contributed by atoms with Crippen LogP contribution in [0.15, 0.2) is 0 Å². The zero-order valence-corrected chi connectivity index (χ0v) is 5.77. The van der Waals surface area contributed by atoms with E-state index in [2.05, 4.69) is 0 Å². The Hall–Kier alpha value is -0.160. The van der Waals surface area contributed by atoms with Gasteiger partial charge in [0.15, 0.2) is 0 Å². The molecule has 0 amide bonds. The first-order valence-corrected chi connectivity index (χ1v) is 3.23. The van der Waals surface area contributed by atoms with E-state index in [0.717, 1.165) is 0 Å². The first-order valence-electron chi connectivity index (χ1n) is 3.23. The van der Waals surface area contributed by atoms with Gasteiger partial charge in [0.2, 0.25) is 0 Å². The fourth-order valence-corrected chi connectivity index (χ4v) is 0.881. The van der Waals surface area contributed by atoms with Crippen molar-refractivity contribution in [2.24, 2.45) is 5.73 Å². The normalized spacial score (nSPS) is 49.2. The van der Waals surface area contributed by atoms with Crippen molar-refractivity contribution in [3.8, 4) is 0 Å². The molecule has 0 bridgehead atoms. The second kappa shape index (κ2) is 2.84. The molecule has 10 heavy (non-hydrogen) atoms. The van der Waals surface area contributed by atoms with E-state index in [-0.39, 0.29) is 6.10 Å². The summed E-state index contributed by atoms with van der Waals surface area (Å²) >= 11 is 0. The van der Waals surface area contributed by atoms with E-state index < -0.39 is 18.2 Å². The fraction of sp³-hybridized carbons (Fsp3) is 0.833. The van der Waals surface area contributed by atoms with Crippen LogP contribution in [0.2, 0.25) is 0 Å². The Bertz CT molecular complexity index is 106. The summed E-state index contributed by atoms with van der Waals surface area (Å²) in [6, 6.07) is -0.578. The number of nitrogens with two attached hydrogens (primary N) is 1. The summed E-state index contributed by atoms with van der Waals surface area (Å²) < 4.78 is 4.91. The van der Waals surface area contributed by atoms with Crippen LogP contribution in [-0.2, 0) is 4.74 Å². The molecule has 0 aromatic carbocycles. The molecule has 1 rings (SSSR count). The first-order chi connectivity index (χ1) is 4.63. The molecule has 4 heteroatoms. The van der Waals surface area contributed by atoms with Crippen LogP contribution in [0.25, 0.3) is 0 Å². The lowest BCUT2D eigenvalue weighted by atomic mass is 10.0. The van der Waals surface area contributed by atoms with Crippen molar-refractivity contribution < 1.29 is 14.9 Å². The Labute approximate surface area is 59.6 Å². The van der Waals surface area contributed by atoms with Crippen molar-refractivity contribution in [1.29, 1.82) is 0 Å². The van der Waals surface area contributed by atoms with Crippen LogP contribution in [-0.4, -0.2) is 34.6 Å². The molecule has 1 saturated heterocycles. The van der Waals surface area contributed by atoms with Gasteiger partial charge in [-0.15, -0.1) is 0 Å². The third-order valence-corrected chi connectivity index (χ3v) is 1.68. The molecule has 1 radical (unpaired) electrons. The van der Waals surface area contributed by atoms with E-state index >= 15 is 0 Å². The Morgan fingerprint density at radius 1 is 1.40 bits per heavy atom. The standard InChI is InChI=1S/C6H12NO3/c1-3-5(8)6(9)4(7)2-10-3/h2-6,8-9H,7H2,1H3/t3-,4-,5-,6-/m1/s1. The van der Waals surface area contributed by atoms with Crippen molar-refractivity contribution in [1.82, 2.24) is 0 Å². The highest BCUT2D eigenvalue weighted by atomic mass is 16.5. The average Bonchev–Trinajstić information content (AvgIpc) is 1.93. The zero-order valence-electron chi connectivity index (χ0n) is 5.77. The van der Waals surface area contributed by atoms with Crippen LogP contribution in [0.4, 0.5) is 0 Å². The third-order valence-electron chi connectivity index (χ3n) is 1.68. The van der Waals surface area contributed by atoms with Gasteiger partial charge in [0.05, 0.1) is 12.1 Å². The first kappa shape index (κ1) is 7.94. The SMILES string of the molecule is C[C@H]1O[CH][C@@H](N)[C@@H](O)[C@@H]1O. The van der Waals surface area contributed by atoms with E-state index in [1.54, 1.807) is 6.92 Å². The molecule has 59 valence electrons. The fourth-order valence-electron chi connectivity index (χ4n) is 0.881. The molecule has 0 aliphatic carbocycles. The summed E-state index contributed by atoms with van der Waals surface area (Å²) in [6.45, 7) is 3.03. The Morgan fingerprint density at radius 2 is 2.00 bits per heavy atom. The molecule has 4 N–H and O–H groups in total. The molecule has 0 spiro atoms. The lowest BCUT2D eigenvalue weighted by Crippen LogP contribution is -2.53. The van der Waals surface area contributed by atoms with E-state index in [9.17, 15) is 0 Å². The van der Waals surface area contributed by atoms with E-state index in [1.165, 1.54) is 6.61 Å². The van der Waals surface area contributed by atoms with Gasteiger partial charge < -0.3 is 20.7 Å². The lowest BCUT2D eigenvalue weighted by Gasteiger charge is -2.33. The number of hydrogen-bond donors (Lipinski definition) is 3. The largest absolute Gasteiger partial charge is 0.389 e. The second-order valence-corrected chi connectivity index (χ2v) is 2.54. The van der Waals surface area contributed by atoms with Crippen molar-refractivity contribution in [3.63, 3.8) is 0 Å². The minimum absolute atomic E-state index is 0.366. The van der Waals surface area contributed by atoms with Gasteiger partial charge in [-0.1, -0.05) is 0 Å². The average molecular weight is 146 g/mol. The van der Waals surface area contributed by atoms with Gasteiger partial charge in [-0.2, -0.15) is 0 Å². The maximum atomic E-state index is 9.14. The highest BCUT2D eigenvalue weighted by Gasteiger charge is 2.34. The molecule has 0 aromatic heterocycles. The Kier molecular flexibility index (Phi) is 2.25. The van der Waals surface area contributed by atoms with Crippen LogP contribution in [0.1, 0.15) is 6.92 Å². The minimum Gasteiger partial charge on any atom is -0.389 e. The molecular weight excluding hydrogens is 134 g/mol. The Morgan fingerprint density at radius 3 is 2.50 bits per heavy atom. The molecular formula is C6H12NO3. The van der Waals surface area contributed by atoms with Gasteiger partial charge in [-0.25, -0.2) is 0 Å². The van der Waals surface area contributed by atoms with Crippen molar-refractivity contribution in [2.75, 3.05) is 0 Å². The van der Waals surface area contributed by atoms with Gasteiger partial charge in [0.1, 0.15) is 18.8 Å². The molecule has 1 aliphatic heterocycles. The predicted molar refractivity (Wildman–Crippen MR) is 34.8 cm³/mol. The van der Waals surface area contributed by atoms with Gasteiger partial charge in [-0.05, 0) is 6.92 Å². The van der Waals surface area contributed by atoms with E-state index in [0.29, 0.717) is 0 Å². The van der Waals surface area contributed by atoms with Gasteiger partial charge in [0.25, 0.3) is 0 Å². The second-order valence-electron chi connectivity index (χ2n) is 2.54. The summed E-state index contributed by atoms with van der Waals surface area (Å²) in [5.41, 5.74) is 5.34. The minimum atomic E-state index is -0.899. The lowest BCUT2D eigenvalue weighted by molar-refractivity contribution is -0.112. The van der Waals surface area contributed by atoms with E-state index in [4.69, 9.17) is 20.7 Å². The molecule has 0 aromatic rings. The molecule has 1 aliphatic rings. The molecule has 1 fully saturated rings. The topological polar surface area (TPSA) is 75.7 Å². The summed E-state index contributed by atoms with van der Waals surface area (Å²) in [6.07, 6.45) is -2.14. The van der Waals surface area contributed by atoms with Crippen LogP contribution < -0.4 is 5.73 Å². The van der Waals surface area contributed by atoms with Crippen LogP contribution in [0, 0.1) is 6.61 Å². The summed E-state index contributed by atoms with van der Waals surface area (Å²) in [5.74, 6) is 0. The predicted octanol–water partition coefficient (Wildman–Crippen LogP) is -1.38. The van der Waals surface area contributed by atoms with Crippen molar-refractivity contribution >= 4 is 0 Å².